The van der Waals surface area contributed by atoms with Gasteiger partial charge in [0, 0.05) is 40.2 Å². The van der Waals surface area contributed by atoms with Gasteiger partial charge in [0.2, 0.25) is 0 Å². The molecule has 0 saturated carbocycles. The number of hydrogen-bond acceptors (Lipinski definition) is 8. The molecule has 0 N–H and O–H groups in total. The molecule has 2 aromatic heterocycles. The highest BCUT2D eigenvalue weighted by molar-refractivity contribution is 7.91. The fourth-order valence-corrected chi connectivity index (χ4v) is 7.45. The molecule has 0 unspecified atom stereocenters. The Kier molecular flexibility index (Phi) is 8.73. The summed E-state index contributed by atoms with van der Waals surface area (Å²) in [6.45, 7) is 3.65. The van der Waals surface area contributed by atoms with Crippen molar-refractivity contribution in [1.82, 2.24) is 9.97 Å². The lowest BCUT2D eigenvalue weighted by Crippen LogP contribution is -2.28. The zero-order chi connectivity index (χ0) is 33.6. The molecule has 0 fully saturated rings. The van der Waals surface area contributed by atoms with E-state index in [2.05, 4.69) is 4.98 Å². The van der Waals surface area contributed by atoms with Crippen molar-refractivity contribution >= 4 is 53.5 Å². The molecule has 0 saturated heterocycles. The third kappa shape index (κ3) is 6.82. The zero-order valence-electron chi connectivity index (χ0n) is 26.1. The lowest BCUT2D eigenvalue weighted by atomic mass is 9.92. The van der Waals surface area contributed by atoms with Crippen LogP contribution < -0.4 is 4.74 Å². The van der Waals surface area contributed by atoms with Crippen LogP contribution in [0.2, 0.25) is 5.02 Å². The maximum absolute atomic E-state index is 12.8. The molecule has 47 heavy (non-hydrogen) atoms. The Hall–Kier alpha value is -4.09. The van der Waals surface area contributed by atoms with Gasteiger partial charge < -0.3 is 4.74 Å². The Morgan fingerprint density at radius 2 is 1.51 bits per heavy atom. The van der Waals surface area contributed by atoms with E-state index in [0.29, 0.717) is 22.0 Å². The number of halogens is 1. The van der Waals surface area contributed by atoms with Gasteiger partial charge in [-0.1, -0.05) is 48.0 Å². The smallest absolute Gasteiger partial charge is 0.175 e. The molecule has 0 bridgehead atoms. The number of rotatable bonds is 9. The number of thiazole rings is 1. The van der Waals surface area contributed by atoms with Crippen LogP contribution in [0.5, 0.6) is 5.75 Å². The first-order chi connectivity index (χ1) is 22.2. The standard InChI is InChI=1S/C36H31ClN2O5S3/c1-36(2,47(4,42)43)27-20-25-9-6-18-38-33(25)31(21-27)24-7-5-8-26(19-24)35-34(23-10-16-30(17-11-23)46(3,40)41)39-32(45-35)22-44-29-14-12-28(37)13-15-29/h5-21H,22H2,1-4H3. The van der Waals surface area contributed by atoms with E-state index in [-0.39, 0.29) is 11.5 Å². The van der Waals surface area contributed by atoms with E-state index >= 15 is 0 Å². The molecule has 4 aromatic carbocycles. The minimum absolute atomic E-state index is 0.220. The average Bonchev–Trinajstić information content (AvgIpc) is 3.47. The van der Waals surface area contributed by atoms with Crippen molar-refractivity contribution in [3.63, 3.8) is 0 Å². The van der Waals surface area contributed by atoms with E-state index in [1.54, 1.807) is 68.6 Å². The molecule has 0 aliphatic carbocycles. The van der Waals surface area contributed by atoms with E-state index in [1.807, 2.05) is 48.5 Å². The molecule has 0 atom stereocenters. The summed E-state index contributed by atoms with van der Waals surface area (Å²) in [5.41, 5.74) is 5.45. The van der Waals surface area contributed by atoms with Crippen LogP contribution >= 0.6 is 22.9 Å². The van der Waals surface area contributed by atoms with Crippen LogP contribution in [0.4, 0.5) is 0 Å². The normalized spacial score (nSPS) is 12.4. The van der Waals surface area contributed by atoms with Crippen molar-refractivity contribution in [2.45, 2.75) is 30.1 Å². The number of pyridine rings is 1. The van der Waals surface area contributed by atoms with Gasteiger partial charge in [-0.15, -0.1) is 11.3 Å². The SMILES string of the molecule is CC(C)(c1cc(-c2cccc(-c3sc(COc4ccc(Cl)cc4)nc3-c3ccc(S(C)(=O)=O)cc3)c2)c2ncccc2c1)S(C)(=O)=O. The second-order valence-corrected chi connectivity index (χ2v) is 17.9. The third-order valence-corrected chi connectivity index (χ3v) is 12.7. The summed E-state index contributed by atoms with van der Waals surface area (Å²) in [6, 6.07) is 29.4. The van der Waals surface area contributed by atoms with Crippen LogP contribution in [-0.2, 0) is 31.0 Å². The first kappa shape index (κ1) is 32.8. The maximum Gasteiger partial charge on any atom is 0.175 e. The Labute approximate surface area is 283 Å². The Morgan fingerprint density at radius 3 is 2.19 bits per heavy atom. The third-order valence-electron chi connectivity index (χ3n) is 8.17. The molecule has 0 radical (unpaired) electrons. The number of sulfone groups is 2. The van der Waals surface area contributed by atoms with E-state index in [4.69, 9.17) is 21.3 Å². The highest BCUT2D eigenvalue weighted by Gasteiger charge is 2.33. The quantitative estimate of drug-likeness (QED) is 0.149. The largest absolute Gasteiger partial charge is 0.486 e. The molecule has 7 nitrogen and oxygen atoms in total. The van der Waals surface area contributed by atoms with Crippen LogP contribution in [-0.4, -0.2) is 39.3 Å². The first-order valence-electron chi connectivity index (χ1n) is 14.6. The van der Waals surface area contributed by atoms with Gasteiger partial charge in [-0.3, -0.25) is 4.98 Å². The Bertz CT molecular complexity index is 2330. The van der Waals surface area contributed by atoms with Crippen molar-refractivity contribution in [3.05, 3.63) is 119 Å². The number of fused-ring (bicyclic) bond motifs is 1. The molecular formula is C36H31ClN2O5S3. The van der Waals surface area contributed by atoms with E-state index in [9.17, 15) is 16.8 Å². The van der Waals surface area contributed by atoms with Crippen molar-refractivity contribution < 1.29 is 21.6 Å². The molecule has 0 aliphatic heterocycles. The van der Waals surface area contributed by atoms with Crippen molar-refractivity contribution in [3.8, 4) is 38.6 Å². The molecular weight excluding hydrogens is 672 g/mol. The van der Waals surface area contributed by atoms with Gasteiger partial charge in [-0.05, 0) is 91.2 Å². The van der Waals surface area contributed by atoms with Gasteiger partial charge in [-0.25, -0.2) is 21.8 Å². The van der Waals surface area contributed by atoms with Gasteiger partial charge in [0.25, 0.3) is 0 Å². The lowest BCUT2D eigenvalue weighted by molar-refractivity contribution is 0.305. The first-order valence-corrected chi connectivity index (χ1v) is 19.6. The number of aromatic nitrogens is 2. The molecule has 240 valence electrons. The van der Waals surface area contributed by atoms with E-state index in [1.165, 1.54) is 23.8 Å². The van der Waals surface area contributed by atoms with Gasteiger partial charge in [0.05, 0.1) is 25.7 Å². The highest BCUT2D eigenvalue weighted by Crippen LogP contribution is 2.41. The fraction of sp³-hybridized carbons (Fsp3) is 0.167. The summed E-state index contributed by atoms with van der Waals surface area (Å²) in [5, 5.41) is 2.18. The van der Waals surface area contributed by atoms with E-state index < -0.39 is 24.4 Å². The van der Waals surface area contributed by atoms with Gasteiger partial charge in [0.1, 0.15) is 17.4 Å². The lowest BCUT2D eigenvalue weighted by Gasteiger charge is -2.24. The summed E-state index contributed by atoms with van der Waals surface area (Å²) >= 11 is 7.52. The molecule has 6 rings (SSSR count). The molecule has 2 heterocycles. The maximum atomic E-state index is 12.8. The Balaban J connectivity index is 1.48. The van der Waals surface area contributed by atoms with Crippen LogP contribution in [0.15, 0.2) is 108 Å². The second-order valence-electron chi connectivity index (χ2n) is 11.8. The van der Waals surface area contributed by atoms with Crippen molar-refractivity contribution in [2.24, 2.45) is 0 Å². The summed E-state index contributed by atoms with van der Waals surface area (Å²) in [6.07, 6.45) is 4.16. The number of ether oxygens (including phenoxy) is 1. The zero-order valence-corrected chi connectivity index (χ0v) is 29.3. The molecule has 0 spiro atoms. The van der Waals surface area contributed by atoms with Gasteiger partial charge >= 0.3 is 0 Å². The second kappa shape index (κ2) is 12.5. The molecule has 11 heteroatoms. The highest BCUT2D eigenvalue weighted by atomic mass is 35.5. The fourth-order valence-electron chi connectivity index (χ4n) is 5.16. The number of nitrogens with zero attached hydrogens (tertiary/aromatic N) is 2. The minimum atomic E-state index is -3.43. The predicted octanol–water partition coefficient (Wildman–Crippen LogP) is 8.61. The van der Waals surface area contributed by atoms with Crippen LogP contribution in [0.3, 0.4) is 0 Å². The predicted molar refractivity (Wildman–Crippen MR) is 190 cm³/mol. The number of hydrogen-bond donors (Lipinski definition) is 0. The topological polar surface area (TPSA) is 103 Å². The van der Waals surface area contributed by atoms with Gasteiger partial charge in [0.15, 0.2) is 19.7 Å². The average molecular weight is 703 g/mol. The van der Waals surface area contributed by atoms with Crippen molar-refractivity contribution in [2.75, 3.05) is 12.5 Å². The van der Waals surface area contributed by atoms with Crippen LogP contribution in [0, 0.1) is 0 Å². The Morgan fingerprint density at radius 1 is 0.809 bits per heavy atom. The monoisotopic (exact) mass is 702 g/mol. The summed E-state index contributed by atoms with van der Waals surface area (Å²) in [7, 11) is -6.80. The van der Waals surface area contributed by atoms with Crippen molar-refractivity contribution in [1.29, 1.82) is 0 Å². The van der Waals surface area contributed by atoms with E-state index in [0.717, 1.165) is 43.0 Å². The summed E-state index contributed by atoms with van der Waals surface area (Å²) < 4.78 is 54.8. The van der Waals surface area contributed by atoms with Crippen LogP contribution in [0.25, 0.3) is 43.7 Å². The van der Waals surface area contributed by atoms with Crippen LogP contribution in [0.1, 0.15) is 24.4 Å². The molecule has 6 aromatic rings. The summed E-state index contributed by atoms with van der Waals surface area (Å²) in [5.74, 6) is 0.656. The summed E-state index contributed by atoms with van der Waals surface area (Å²) in [4.78, 5) is 10.7. The van der Waals surface area contributed by atoms with Gasteiger partial charge in [-0.2, -0.15) is 0 Å². The number of benzene rings is 4. The molecule has 0 aliphatic rings. The molecule has 0 amide bonds. The minimum Gasteiger partial charge on any atom is -0.486 e.